The van der Waals surface area contributed by atoms with Crippen LogP contribution in [0.3, 0.4) is 0 Å². The number of hydrogen-bond donors (Lipinski definition) is 3. The average Bonchev–Trinajstić information content (AvgIpc) is 3.37. The standard InChI is InChI=1S/C26H35F3N4O6/c1-16(2)20(21(36)30-18(14-19(34)35)22(37)33-12-8-9-13-33)32(4)24(39)25(3,31-23(38)26(27,28)29)15-17-10-6-5-7-11-17/h5-7,10-11,16,18,20H,8-9,12-15H2,1-4H3,(H,30,36)(H,31,38)(H,34,35)/t18-,20?,25-/m0/s1. The minimum Gasteiger partial charge on any atom is -0.481 e. The number of carbonyl (C=O) groups is 5. The Morgan fingerprint density at radius 1 is 1.05 bits per heavy atom. The van der Waals surface area contributed by atoms with Gasteiger partial charge in [-0.15, -0.1) is 0 Å². The molecule has 0 saturated carbocycles. The van der Waals surface area contributed by atoms with E-state index in [9.17, 15) is 42.3 Å². The van der Waals surface area contributed by atoms with Crippen LogP contribution in [0.1, 0.15) is 45.6 Å². The number of carboxylic acids is 1. The minimum absolute atomic E-state index is 0.305. The number of likely N-dealkylation sites (tertiary alicyclic amines) is 1. The monoisotopic (exact) mass is 556 g/mol. The maximum Gasteiger partial charge on any atom is 0.471 e. The summed E-state index contributed by atoms with van der Waals surface area (Å²) in [5, 5.41) is 13.5. The molecule has 0 spiro atoms. The number of carbonyl (C=O) groups excluding carboxylic acids is 4. The van der Waals surface area contributed by atoms with Crippen molar-refractivity contribution >= 4 is 29.6 Å². The summed E-state index contributed by atoms with van der Waals surface area (Å²) in [6.45, 7) is 5.17. The van der Waals surface area contributed by atoms with Crippen LogP contribution >= 0.6 is 0 Å². The van der Waals surface area contributed by atoms with Crippen molar-refractivity contribution < 1.29 is 42.3 Å². The summed E-state index contributed by atoms with van der Waals surface area (Å²) in [4.78, 5) is 65.7. The highest BCUT2D eigenvalue weighted by molar-refractivity contribution is 5.97. The van der Waals surface area contributed by atoms with Crippen LogP contribution in [-0.4, -0.2) is 88.4 Å². The number of benzene rings is 1. The zero-order valence-electron chi connectivity index (χ0n) is 22.4. The Hall–Kier alpha value is -3.64. The van der Waals surface area contributed by atoms with Crippen LogP contribution in [0, 0.1) is 5.92 Å². The largest absolute Gasteiger partial charge is 0.481 e. The van der Waals surface area contributed by atoms with Crippen molar-refractivity contribution in [2.45, 2.75) is 70.3 Å². The number of nitrogens with one attached hydrogen (secondary N) is 2. The summed E-state index contributed by atoms with van der Waals surface area (Å²) in [5.41, 5.74) is -1.63. The molecule has 1 fully saturated rings. The number of rotatable bonds is 11. The molecule has 216 valence electrons. The van der Waals surface area contributed by atoms with E-state index in [4.69, 9.17) is 0 Å². The molecule has 0 aromatic heterocycles. The summed E-state index contributed by atoms with van der Waals surface area (Å²) in [6.07, 6.45) is -4.76. The second-order valence-corrected chi connectivity index (χ2v) is 10.2. The summed E-state index contributed by atoms with van der Waals surface area (Å²) in [6, 6.07) is 5.41. The van der Waals surface area contributed by atoms with E-state index in [-0.39, 0.29) is 6.42 Å². The number of likely N-dealkylation sites (N-methyl/N-ethyl adjacent to an activating group) is 1. The van der Waals surface area contributed by atoms with E-state index in [0.717, 1.165) is 24.7 Å². The SMILES string of the molecule is CC(C)C(C(=O)N[C@@H](CC(=O)O)C(=O)N1CCCC1)N(C)C(=O)[C@](C)(Cc1ccccc1)NC(=O)C(F)(F)F. The lowest BCUT2D eigenvalue weighted by molar-refractivity contribution is -0.177. The van der Waals surface area contributed by atoms with Crippen molar-refractivity contribution in [2.24, 2.45) is 5.92 Å². The molecule has 2 rings (SSSR count). The molecule has 1 aromatic rings. The summed E-state index contributed by atoms with van der Waals surface area (Å²) >= 11 is 0. The van der Waals surface area contributed by atoms with Crippen LogP contribution in [0.2, 0.25) is 0 Å². The predicted octanol–water partition coefficient (Wildman–Crippen LogP) is 1.73. The maximum atomic E-state index is 13.7. The Labute approximate surface area is 224 Å². The smallest absolute Gasteiger partial charge is 0.471 e. The Morgan fingerprint density at radius 3 is 2.10 bits per heavy atom. The summed E-state index contributed by atoms with van der Waals surface area (Å²) < 4.78 is 39.5. The van der Waals surface area contributed by atoms with Gasteiger partial charge in [-0.3, -0.25) is 24.0 Å². The molecule has 3 atom stereocenters. The minimum atomic E-state index is -5.26. The van der Waals surface area contributed by atoms with E-state index in [2.05, 4.69) is 5.32 Å². The Balaban J connectivity index is 2.36. The zero-order valence-corrected chi connectivity index (χ0v) is 22.4. The Morgan fingerprint density at radius 2 is 1.62 bits per heavy atom. The van der Waals surface area contributed by atoms with Gasteiger partial charge in [0.1, 0.15) is 17.6 Å². The highest BCUT2D eigenvalue weighted by Gasteiger charge is 2.48. The van der Waals surface area contributed by atoms with Crippen LogP contribution in [0.4, 0.5) is 13.2 Å². The topological polar surface area (TPSA) is 136 Å². The molecule has 4 amide bonds. The van der Waals surface area contributed by atoms with Gasteiger partial charge in [-0.25, -0.2) is 0 Å². The van der Waals surface area contributed by atoms with Gasteiger partial charge < -0.3 is 25.5 Å². The third-order valence-corrected chi connectivity index (χ3v) is 6.57. The van der Waals surface area contributed by atoms with Crippen molar-refractivity contribution in [3.05, 3.63) is 35.9 Å². The fourth-order valence-electron chi connectivity index (χ4n) is 4.73. The van der Waals surface area contributed by atoms with E-state index in [1.807, 2.05) is 0 Å². The second-order valence-electron chi connectivity index (χ2n) is 10.2. The fraction of sp³-hybridized carbons (Fsp3) is 0.577. The first-order valence-electron chi connectivity index (χ1n) is 12.6. The molecule has 0 aliphatic carbocycles. The third-order valence-electron chi connectivity index (χ3n) is 6.57. The molecule has 0 bridgehead atoms. The van der Waals surface area contributed by atoms with Crippen molar-refractivity contribution in [3.63, 3.8) is 0 Å². The van der Waals surface area contributed by atoms with Gasteiger partial charge in [-0.05, 0) is 31.2 Å². The molecule has 39 heavy (non-hydrogen) atoms. The van der Waals surface area contributed by atoms with Gasteiger partial charge in [0, 0.05) is 26.6 Å². The third kappa shape index (κ3) is 8.42. The van der Waals surface area contributed by atoms with E-state index >= 15 is 0 Å². The molecule has 10 nitrogen and oxygen atoms in total. The van der Waals surface area contributed by atoms with Crippen LogP contribution in [-0.2, 0) is 30.4 Å². The van der Waals surface area contributed by atoms with E-state index in [0.29, 0.717) is 18.7 Å². The quantitative estimate of drug-likeness (QED) is 0.380. The molecule has 1 heterocycles. The number of carboxylic acid groups (broad SMARTS) is 1. The molecule has 13 heteroatoms. The molecular formula is C26H35F3N4O6. The first-order chi connectivity index (χ1) is 18.1. The summed E-state index contributed by atoms with van der Waals surface area (Å²) in [5.74, 6) is -6.60. The van der Waals surface area contributed by atoms with E-state index in [1.165, 1.54) is 11.9 Å². The predicted molar refractivity (Wildman–Crippen MR) is 134 cm³/mol. The molecule has 1 unspecified atom stereocenters. The highest BCUT2D eigenvalue weighted by atomic mass is 19.4. The Kier molecular flexibility index (Phi) is 10.5. The first kappa shape index (κ1) is 31.6. The van der Waals surface area contributed by atoms with Gasteiger partial charge in [0.25, 0.3) is 0 Å². The molecule has 1 aromatic carbocycles. The summed E-state index contributed by atoms with van der Waals surface area (Å²) in [7, 11) is 1.21. The number of alkyl halides is 3. The molecule has 0 radical (unpaired) electrons. The maximum absolute atomic E-state index is 13.7. The molecule has 1 saturated heterocycles. The zero-order chi connectivity index (χ0) is 29.5. The molecule has 1 aliphatic heterocycles. The Bertz CT molecular complexity index is 1060. The number of halogens is 3. The lowest BCUT2D eigenvalue weighted by Crippen LogP contribution is -2.64. The highest BCUT2D eigenvalue weighted by Crippen LogP contribution is 2.23. The van der Waals surface area contributed by atoms with Crippen molar-refractivity contribution in [2.75, 3.05) is 20.1 Å². The van der Waals surface area contributed by atoms with Crippen molar-refractivity contribution in [3.8, 4) is 0 Å². The van der Waals surface area contributed by atoms with Gasteiger partial charge in [0.2, 0.25) is 17.7 Å². The van der Waals surface area contributed by atoms with E-state index < -0.39 is 65.7 Å². The van der Waals surface area contributed by atoms with Crippen molar-refractivity contribution in [1.82, 2.24) is 20.4 Å². The number of nitrogens with zero attached hydrogens (tertiary/aromatic N) is 2. The normalized spacial score (nSPS) is 16.7. The molecule has 3 N–H and O–H groups in total. The molecule has 1 aliphatic rings. The van der Waals surface area contributed by atoms with Gasteiger partial charge in [-0.1, -0.05) is 44.2 Å². The van der Waals surface area contributed by atoms with Gasteiger partial charge >= 0.3 is 18.1 Å². The number of aliphatic carboxylic acids is 1. The van der Waals surface area contributed by atoms with Crippen LogP contribution in [0.25, 0.3) is 0 Å². The van der Waals surface area contributed by atoms with Crippen molar-refractivity contribution in [1.29, 1.82) is 0 Å². The lowest BCUT2D eigenvalue weighted by atomic mass is 9.89. The number of hydrogen-bond acceptors (Lipinski definition) is 5. The molecular weight excluding hydrogens is 521 g/mol. The van der Waals surface area contributed by atoms with Gasteiger partial charge in [0.05, 0.1) is 6.42 Å². The van der Waals surface area contributed by atoms with Crippen LogP contribution in [0.5, 0.6) is 0 Å². The first-order valence-corrected chi connectivity index (χ1v) is 12.6. The number of amides is 4. The van der Waals surface area contributed by atoms with Crippen LogP contribution < -0.4 is 10.6 Å². The average molecular weight is 557 g/mol. The second kappa shape index (κ2) is 12.9. The van der Waals surface area contributed by atoms with E-state index in [1.54, 1.807) is 49.5 Å². The fourth-order valence-corrected chi connectivity index (χ4v) is 4.73. The van der Waals surface area contributed by atoms with Gasteiger partial charge in [0.15, 0.2) is 0 Å². The lowest BCUT2D eigenvalue weighted by Gasteiger charge is -2.38. The van der Waals surface area contributed by atoms with Crippen LogP contribution in [0.15, 0.2) is 30.3 Å². The van der Waals surface area contributed by atoms with Gasteiger partial charge in [-0.2, -0.15) is 13.2 Å².